The zero-order valence-electron chi connectivity index (χ0n) is 23.1. The number of carbonyl (C=O) groups is 6. The van der Waals surface area contributed by atoms with Gasteiger partial charge >= 0.3 is 11.9 Å². The van der Waals surface area contributed by atoms with Crippen molar-refractivity contribution in [3.8, 4) is 0 Å². The fraction of sp³-hybridized carbons (Fsp3) is 0.310. The number of hydrogen-bond donors (Lipinski definition) is 8. The summed E-state index contributed by atoms with van der Waals surface area (Å²) in [7, 11) is 0. The first-order valence-electron chi connectivity index (χ1n) is 13.4. The van der Waals surface area contributed by atoms with Gasteiger partial charge in [-0.3, -0.25) is 24.0 Å². The number of nitrogens with one attached hydrogen (secondary N) is 4. The van der Waals surface area contributed by atoms with Gasteiger partial charge in [0.15, 0.2) is 0 Å². The maximum Gasteiger partial charge on any atom is 0.326 e. The second-order valence-corrected chi connectivity index (χ2v) is 9.98. The summed E-state index contributed by atoms with van der Waals surface area (Å²) in [5, 5.41) is 26.7. The minimum absolute atomic E-state index is 0.0269. The lowest BCUT2D eigenvalue weighted by atomic mass is 10.0. The number of aromatic nitrogens is 1. The minimum Gasteiger partial charge on any atom is -0.481 e. The zero-order chi connectivity index (χ0) is 31.5. The van der Waals surface area contributed by atoms with Crippen molar-refractivity contribution in [3.05, 3.63) is 71.9 Å². The predicted octanol–water partition coefficient (Wildman–Crippen LogP) is -0.440. The van der Waals surface area contributed by atoms with Gasteiger partial charge in [0.1, 0.15) is 18.1 Å². The number of fused-ring (bicyclic) bond motifs is 1. The molecule has 1 heterocycles. The highest BCUT2D eigenvalue weighted by atomic mass is 16.4. The Morgan fingerprint density at radius 3 is 1.98 bits per heavy atom. The molecule has 0 spiro atoms. The molecule has 0 saturated heterocycles. The van der Waals surface area contributed by atoms with Gasteiger partial charge in [-0.15, -0.1) is 0 Å². The summed E-state index contributed by atoms with van der Waals surface area (Å²) in [5.41, 5.74) is 13.1. The average Bonchev–Trinajstić information content (AvgIpc) is 3.36. The molecule has 0 aliphatic rings. The van der Waals surface area contributed by atoms with Crippen molar-refractivity contribution in [2.45, 2.75) is 56.3 Å². The summed E-state index contributed by atoms with van der Waals surface area (Å²) in [6.07, 6.45) is 0.268. The molecule has 0 radical (unpaired) electrons. The van der Waals surface area contributed by atoms with Crippen LogP contribution in [0.4, 0.5) is 0 Å². The number of para-hydroxylation sites is 1. The van der Waals surface area contributed by atoms with Crippen molar-refractivity contribution in [2.75, 3.05) is 0 Å². The van der Waals surface area contributed by atoms with Crippen molar-refractivity contribution < 1.29 is 39.0 Å². The van der Waals surface area contributed by atoms with Crippen LogP contribution >= 0.6 is 0 Å². The Morgan fingerprint density at radius 1 is 0.767 bits per heavy atom. The van der Waals surface area contributed by atoms with E-state index in [0.29, 0.717) is 11.1 Å². The van der Waals surface area contributed by atoms with Gasteiger partial charge in [-0.1, -0.05) is 48.5 Å². The number of carboxylic acid groups (broad SMARTS) is 2. The van der Waals surface area contributed by atoms with Gasteiger partial charge in [0.25, 0.3) is 0 Å². The fourth-order valence-corrected chi connectivity index (χ4v) is 4.45. The summed E-state index contributed by atoms with van der Waals surface area (Å²) < 4.78 is 0. The molecule has 0 fully saturated rings. The lowest BCUT2D eigenvalue weighted by Gasteiger charge is -2.25. The van der Waals surface area contributed by atoms with E-state index >= 15 is 0 Å². The van der Waals surface area contributed by atoms with Crippen LogP contribution in [0.1, 0.15) is 30.4 Å². The third kappa shape index (κ3) is 9.67. The lowest BCUT2D eigenvalue weighted by Crippen LogP contribution is -2.58. The Labute approximate surface area is 246 Å². The maximum absolute atomic E-state index is 13.7. The smallest absolute Gasteiger partial charge is 0.326 e. The number of carbonyl (C=O) groups excluding carboxylic acids is 4. The van der Waals surface area contributed by atoms with E-state index in [-0.39, 0.29) is 19.3 Å². The van der Waals surface area contributed by atoms with Crippen molar-refractivity contribution in [2.24, 2.45) is 11.5 Å². The highest BCUT2D eigenvalue weighted by molar-refractivity contribution is 5.96. The van der Waals surface area contributed by atoms with Crippen LogP contribution in [0.15, 0.2) is 60.8 Å². The Kier molecular flexibility index (Phi) is 11.3. The lowest BCUT2D eigenvalue weighted by molar-refractivity contribution is -0.143. The molecule has 0 saturated carbocycles. The van der Waals surface area contributed by atoms with Crippen LogP contribution in [0.2, 0.25) is 0 Å². The number of hydrogen-bond acceptors (Lipinski definition) is 7. The van der Waals surface area contributed by atoms with Crippen molar-refractivity contribution >= 4 is 46.5 Å². The first kappa shape index (κ1) is 32.3. The van der Waals surface area contributed by atoms with E-state index in [0.717, 1.165) is 10.9 Å². The molecule has 228 valence electrons. The summed E-state index contributed by atoms with van der Waals surface area (Å²) >= 11 is 0. The highest BCUT2D eigenvalue weighted by Crippen LogP contribution is 2.19. The van der Waals surface area contributed by atoms with Crippen LogP contribution in [0.3, 0.4) is 0 Å². The molecule has 3 aromatic rings. The Balaban J connectivity index is 1.89. The van der Waals surface area contributed by atoms with Crippen molar-refractivity contribution in [3.63, 3.8) is 0 Å². The summed E-state index contributed by atoms with van der Waals surface area (Å²) in [5.74, 6) is -5.94. The Morgan fingerprint density at radius 2 is 1.35 bits per heavy atom. The molecule has 3 rings (SSSR count). The standard InChI is InChI=1S/C29H34N6O8/c30-19(14-24(31)36)26(39)34-23(13-17-15-32-20-9-5-4-8-18(17)20)28(41)35-22(12-16-6-2-1-3-7-16)27(40)33-21(29(42)43)10-11-25(37)38/h1-9,15,19,21-23,32H,10-14,30H2,(H2,31,36)(H,33,40)(H,34,39)(H,35,41)(H,37,38)(H,42,43). The molecule has 0 aliphatic heterocycles. The van der Waals surface area contributed by atoms with Crippen LogP contribution in [0.25, 0.3) is 10.9 Å². The molecular formula is C29H34N6O8. The molecule has 43 heavy (non-hydrogen) atoms. The molecule has 14 heteroatoms. The molecule has 14 nitrogen and oxygen atoms in total. The van der Waals surface area contributed by atoms with Crippen LogP contribution in [-0.4, -0.2) is 74.9 Å². The molecule has 10 N–H and O–H groups in total. The Bertz CT molecular complexity index is 1470. The van der Waals surface area contributed by atoms with Crippen molar-refractivity contribution in [1.82, 2.24) is 20.9 Å². The summed E-state index contributed by atoms with van der Waals surface area (Å²) in [6.45, 7) is 0. The topological polar surface area (TPSA) is 247 Å². The van der Waals surface area contributed by atoms with E-state index in [4.69, 9.17) is 16.6 Å². The average molecular weight is 595 g/mol. The number of amides is 4. The third-order valence-corrected chi connectivity index (χ3v) is 6.67. The van der Waals surface area contributed by atoms with E-state index in [2.05, 4.69) is 20.9 Å². The normalized spacial score (nSPS) is 13.7. The van der Waals surface area contributed by atoms with Gasteiger partial charge in [-0.05, 0) is 23.6 Å². The number of aliphatic carboxylic acids is 2. The number of aromatic amines is 1. The van der Waals surface area contributed by atoms with E-state index in [1.807, 2.05) is 18.2 Å². The number of carboxylic acids is 2. The van der Waals surface area contributed by atoms with Crippen molar-refractivity contribution in [1.29, 1.82) is 0 Å². The van der Waals surface area contributed by atoms with Gasteiger partial charge in [0.2, 0.25) is 23.6 Å². The van der Waals surface area contributed by atoms with E-state index in [1.165, 1.54) is 0 Å². The predicted molar refractivity (Wildman–Crippen MR) is 154 cm³/mol. The molecule has 0 bridgehead atoms. The van der Waals surface area contributed by atoms with Gasteiger partial charge in [0.05, 0.1) is 12.5 Å². The second-order valence-electron chi connectivity index (χ2n) is 9.98. The molecule has 4 amide bonds. The zero-order valence-corrected chi connectivity index (χ0v) is 23.1. The number of primary amides is 1. The number of H-pyrrole nitrogens is 1. The maximum atomic E-state index is 13.7. The van der Waals surface area contributed by atoms with E-state index in [9.17, 15) is 33.9 Å². The number of benzene rings is 2. The van der Waals surface area contributed by atoms with Gasteiger partial charge < -0.3 is 42.6 Å². The SMILES string of the molecule is NC(=O)CC(N)C(=O)NC(Cc1c[nH]c2ccccc12)C(=O)NC(Cc1ccccc1)C(=O)NC(CCC(=O)O)C(=O)O. The van der Waals surface area contributed by atoms with Crippen LogP contribution < -0.4 is 27.4 Å². The number of nitrogens with two attached hydrogens (primary N) is 2. The quantitative estimate of drug-likeness (QED) is 0.107. The molecule has 4 atom stereocenters. The molecule has 1 aromatic heterocycles. The highest BCUT2D eigenvalue weighted by Gasteiger charge is 2.31. The molecule has 4 unspecified atom stereocenters. The third-order valence-electron chi connectivity index (χ3n) is 6.67. The second kappa shape index (κ2) is 15.1. The van der Waals surface area contributed by atoms with E-state index < -0.39 is 72.6 Å². The van der Waals surface area contributed by atoms with Gasteiger partial charge in [-0.25, -0.2) is 4.79 Å². The van der Waals surface area contributed by atoms with Gasteiger partial charge in [0, 0.05) is 36.4 Å². The first-order valence-corrected chi connectivity index (χ1v) is 13.4. The minimum atomic E-state index is -1.52. The largest absolute Gasteiger partial charge is 0.481 e. The molecule has 0 aliphatic carbocycles. The van der Waals surface area contributed by atoms with Crippen LogP contribution in [-0.2, 0) is 41.6 Å². The fourth-order valence-electron chi connectivity index (χ4n) is 4.45. The van der Waals surface area contributed by atoms with Crippen LogP contribution in [0, 0.1) is 0 Å². The monoisotopic (exact) mass is 594 g/mol. The summed E-state index contributed by atoms with van der Waals surface area (Å²) in [6, 6.07) is 10.5. The number of rotatable bonds is 16. The summed E-state index contributed by atoms with van der Waals surface area (Å²) in [4.78, 5) is 76.9. The molecule has 2 aromatic carbocycles. The molecular weight excluding hydrogens is 560 g/mol. The van der Waals surface area contributed by atoms with Crippen LogP contribution in [0.5, 0.6) is 0 Å². The first-order chi connectivity index (χ1) is 20.4. The van der Waals surface area contributed by atoms with E-state index in [1.54, 1.807) is 42.6 Å². The van der Waals surface area contributed by atoms with Gasteiger partial charge in [-0.2, -0.15) is 0 Å². The Hall–Kier alpha value is -5.24.